The summed E-state index contributed by atoms with van der Waals surface area (Å²) in [6, 6.07) is 10.1. The van der Waals surface area contributed by atoms with Crippen LogP contribution in [0.5, 0.6) is 0 Å². The molecule has 0 aliphatic heterocycles. The van der Waals surface area contributed by atoms with Gasteiger partial charge < -0.3 is 4.74 Å². The average molecular weight is 252 g/mol. The van der Waals surface area contributed by atoms with E-state index < -0.39 is 0 Å². The second-order valence-corrected chi connectivity index (χ2v) is 3.91. The molecule has 0 fully saturated rings. The second-order valence-electron chi connectivity index (χ2n) is 3.64. The molecule has 17 heavy (non-hydrogen) atoms. The van der Waals surface area contributed by atoms with Crippen LogP contribution in [0.2, 0.25) is 0 Å². The van der Waals surface area contributed by atoms with Gasteiger partial charge in [0.25, 0.3) is 0 Å². The SMILES string of the molecule is ClCc1cn(CCOCc2ccccc2)nn1. The van der Waals surface area contributed by atoms with Crippen LogP contribution in [0.4, 0.5) is 0 Å². The maximum Gasteiger partial charge on any atom is 0.0974 e. The van der Waals surface area contributed by atoms with Gasteiger partial charge in [-0.15, -0.1) is 16.7 Å². The van der Waals surface area contributed by atoms with Gasteiger partial charge in [0.2, 0.25) is 0 Å². The summed E-state index contributed by atoms with van der Waals surface area (Å²) in [6.07, 6.45) is 1.83. The molecule has 0 saturated carbocycles. The highest BCUT2D eigenvalue weighted by Gasteiger charge is 1.98. The van der Waals surface area contributed by atoms with Crippen molar-refractivity contribution in [2.24, 2.45) is 0 Å². The monoisotopic (exact) mass is 251 g/mol. The van der Waals surface area contributed by atoms with Gasteiger partial charge in [-0.2, -0.15) is 0 Å². The first-order valence-electron chi connectivity index (χ1n) is 5.45. The molecular weight excluding hydrogens is 238 g/mol. The third-order valence-electron chi connectivity index (χ3n) is 2.30. The van der Waals surface area contributed by atoms with E-state index in [9.17, 15) is 0 Å². The highest BCUT2D eigenvalue weighted by molar-refractivity contribution is 6.16. The van der Waals surface area contributed by atoms with Crippen molar-refractivity contribution in [2.75, 3.05) is 6.61 Å². The van der Waals surface area contributed by atoms with E-state index in [0.717, 1.165) is 5.69 Å². The molecule has 0 spiro atoms. The Morgan fingerprint density at radius 1 is 1.24 bits per heavy atom. The minimum atomic E-state index is 0.394. The first-order chi connectivity index (χ1) is 8.38. The lowest BCUT2D eigenvalue weighted by Crippen LogP contribution is -2.06. The Kier molecular flexibility index (Phi) is 4.53. The molecule has 0 saturated heterocycles. The zero-order chi connectivity index (χ0) is 11.9. The third-order valence-corrected chi connectivity index (χ3v) is 2.57. The Labute approximate surface area is 105 Å². The summed E-state index contributed by atoms with van der Waals surface area (Å²) >= 11 is 5.63. The van der Waals surface area contributed by atoms with Gasteiger partial charge in [0.05, 0.1) is 31.3 Å². The first-order valence-corrected chi connectivity index (χ1v) is 5.98. The van der Waals surface area contributed by atoms with Gasteiger partial charge in [0, 0.05) is 6.20 Å². The van der Waals surface area contributed by atoms with Gasteiger partial charge >= 0.3 is 0 Å². The minimum Gasteiger partial charge on any atom is -0.375 e. The van der Waals surface area contributed by atoms with Crippen molar-refractivity contribution in [2.45, 2.75) is 19.0 Å². The van der Waals surface area contributed by atoms with Crippen molar-refractivity contribution >= 4 is 11.6 Å². The van der Waals surface area contributed by atoms with E-state index in [2.05, 4.69) is 10.3 Å². The Morgan fingerprint density at radius 2 is 2.06 bits per heavy atom. The Balaban J connectivity index is 1.69. The number of alkyl halides is 1. The molecule has 1 aromatic carbocycles. The molecular formula is C12H14ClN3O. The van der Waals surface area contributed by atoms with Gasteiger partial charge in [-0.3, -0.25) is 0 Å². The molecule has 0 atom stereocenters. The molecule has 1 aromatic heterocycles. The highest BCUT2D eigenvalue weighted by atomic mass is 35.5. The number of nitrogens with zero attached hydrogens (tertiary/aromatic N) is 3. The normalized spacial score (nSPS) is 10.6. The Hall–Kier alpha value is -1.39. The molecule has 0 bridgehead atoms. The van der Waals surface area contributed by atoms with Gasteiger partial charge in [0.15, 0.2) is 0 Å². The summed E-state index contributed by atoms with van der Waals surface area (Å²) in [7, 11) is 0. The smallest absolute Gasteiger partial charge is 0.0974 e. The number of hydrogen-bond donors (Lipinski definition) is 0. The molecule has 0 aliphatic rings. The van der Waals surface area contributed by atoms with E-state index >= 15 is 0 Å². The van der Waals surface area contributed by atoms with Crippen molar-refractivity contribution < 1.29 is 4.74 Å². The van der Waals surface area contributed by atoms with E-state index in [1.54, 1.807) is 4.68 Å². The van der Waals surface area contributed by atoms with Crippen LogP contribution in [0.25, 0.3) is 0 Å². The molecule has 0 aliphatic carbocycles. The summed E-state index contributed by atoms with van der Waals surface area (Å²) in [4.78, 5) is 0. The number of ether oxygens (including phenoxy) is 1. The molecule has 5 heteroatoms. The first kappa shape index (κ1) is 12.1. The van der Waals surface area contributed by atoms with Gasteiger partial charge in [0.1, 0.15) is 0 Å². The summed E-state index contributed by atoms with van der Waals surface area (Å²) < 4.78 is 7.28. The lowest BCUT2D eigenvalue weighted by molar-refractivity contribution is 0.110. The molecule has 0 amide bonds. The number of halogens is 1. The van der Waals surface area contributed by atoms with E-state index in [4.69, 9.17) is 16.3 Å². The molecule has 1 heterocycles. The quantitative estimate of drug-likeness (QED) is 0.584. The standard InChI is InChI=1S/C12H14ClN3O/c13-8-12-9-16(15-14-12)6-7-17-10-11-4-2-1-3-5-11/h1-5,9H,6-8,10H2. The van der Waals surface area contributed by atoms with E-state index in [0.29, 0.717) is 25.6 Å². The maximum absolute atomic E-state index is 5.63. The van der Waals surface area contributed by atoms with Gasteiger partial charge in [-0.1, -0.05) is 35.5 Å². The maximum atomic E-state index is 5.63. The summed E-state index contributed by atoms with van der Waals surface area (Å²) in [5.41, 5.74) is 1.96. The van der Waals surface area contributed by atoms with Crippen molar-refractivity contribution in [1.29, 1.82) is 0 Å². The van der Waals surface area contributed by atoms with Crippen LogP contribution in [-0.2, 0) is 23.8 Å². The molecule has 0 N–H and O–H groups in total. The van der Waals surface area contributed by atoms with Crippen molar-refractivity contribution in [3.05, 3.63) is 47.8 Å². The summed E-state index contributed by atoms with van der Waals surface area (Å²) in [6.45, 7) is 1.93. The van der Waals surface area contributed by atoms with Crippen LogP contribution in [0.3, 0.4) is 0 Å². The predicted molar refractivity (Wildman–Crippen MR) is 65.7 cm³/mol. The van der Waals surface area contributed by atoms with E-state index in [1.165, 1.54) is 5.56 Å². The molecule has 4 nitrogen and oxygen atoms in total. The van der Waals surface area contributed by atoms with Gasteiger partial charge in [-0.05, 0) is 5.56 Å². The zero-order valence-corrected chi connectivity index (χ0v) is 10.2. The fourth-order valence-electron chi connectivity index (χ4n) is 1.43. The predicted octanol–water partition coefficient (Wildman–Crippen LogP) is 2.23. The number of rotatable bonds is 6. The number of hydrogen-bond acceptors (Lipinski definition) is 3. The van der Waals surface area contributed by atoms with E-state index in [1.807, 2.05) is 36.5 Å². The molecule has 2 aromatic rings. The van der Waals surface area contributed by atoms with Crippen LogP contribution in [-0.4, -0.2) is 21.6 Å². The lowest BCUT2D eigenvalue weighted by Gasteiger charge is -2.03. The largest absolute Gasteiger partial charge is 0.375 e. The number of benzene rings is 1. The second kappa shape index (κ2) is 6.37. The third kappa shape index (κ3) is 3.84. The van der Waals surface area contributed by atoms with Crippen molar-refractivity contribution in [3.8, 4) is 0 Å². The zero-order valence-electron chi connectivity index (χ0n) is 9.42. The molecule has 0 radical (unpaired) electrons. The minimum absolute atomic E-state index is 0.394. The summed E-state index contributed by atoms with van der Waals surface area (Å²) in [5.74, 6) is 0.394. The van der Waals surface area contributed by atoms with Crippen LogP contribution in [0, 0.1) is 0 Å². The Bertz CT molecular complexity index is 444. The van der Waals surface area contributed by atoms with Crippen molar-refractivity contribution in [3.63, 3.8) is 0 Å². The summed E-state index contributed by atoms with van der Waals surface area (Å²) in [5, 5.41) is 7.83. The van der Waals surface area contributed by atoms with Crippen LogP contribution < -0.4 is 0 Å². The van der Waals surface area contributed by atoms with Crippen LogP contribution in [0.15, 0.2) is 36.5 Å². The van der Waals surface area contributed by atoms with Crippen molar-refractivity contribution in [1.82, 2.24) is 15.0 Å². The highest BCUT2D eigenvalue weighted by Crippen LogP contribution is 2.01. The Morgan fingerprint density at radius 3 is 2.76 bits per heavy atom. The van der Waals surface area contributed by atoms with E-state index in [-0.39, 0.29) is 0 Å². The molecule has 0 unspecified atom stereocenters. The van der Waals surface area contributed by atoms with Crippen LogP contribution >= 0.6 is 11.6 Å². The fourth-order valence-corrected chi connectivity index (χ4v) is 1.55. The topological polar surface area (TPSA) is 39.9 Å². The van der Waals surface area contributed by atoms with Crippen LogP contribution in [0.1, 0.15) is 11.3 Å². The molecule has 90 valence electrons. The number of aromatic nitrogens is 3. The average Bonchev–Trinajstić information content (AvgIpc) is 2.84. The molecule has 2 rings (SSSR count). The van der Waals surface area contributed by atoms with Gasteiger partial charge in [-0.25, -0.2) is 4.68 Å². The fraction of sp³-hybridized carbons (Fsp3) is 0.333. The lowest BCUT2D eigenvalue weighted by atomic mass is 10.2.